The largest absolute Gasteiger partial charge is 0.318 e. The Hall–Kier alpha value is -3.16. The maximum Gasteiger partial charge on any atom is 0.273 e. The summed E-state index contributed by atoms with van der Waals surface area (Å²) < 4.78 is 14.9. The van der Waals surface area contributed by atoms with Crippen LogP contribution in [0.3, 0.4) is 0 Å². The number of halogens is 3. The van der Waals surface area contributed by atoms with Crippen LogP contribution < -0.4 is 5.32 Å². The summed E-state index contributed by atoms with van der Waals surface area (Å²) in [4.78, 5) is 12.8. The van der Waals surface area contributed by atoms with Crippen molar-refractivity contribution < 1.29 is 9.18 Å². The molecule has 2 N–H and O–H groups in total. The molecule has 31 heavy (non-hydrogen) atoms. The number of carbonyl (C=O) groups excluding carboxylic acids is 1. The third-order valence-corrected chi connectivity index (χ3v) is 5.44. The van der Waals surface area contributed by atoms with Gasteiger partial charge in [0.2, 0.25) is 0 Å². The predicted molar refractivity (Wildman–Crippen MR) is 119 cm³/mol. The highest BCUT2D eigenvalue weighted by molar-refractivity contribution is 6.36. The molecule has 0 radical (unpaired) electrons. The van der Waals surface area contributed by atoms with Gasteiger partial charge >= 0.3 is 0 Å². The maximum atomic E-state index is 13.1. The van der Waals surface area contributed by atoms with Crippen LogP contribution in [0.25, 0.3) is 11.3 Å². The summed E-state index contributed by atoms with van der Waals surface area (Å²) in [7, 11) is 0. The van der Waals surface area contributed by atoms with E-state index in [1.165, 1.54) is 12.1 Å². The van der Waals surface area contributed by atoms with Gasteiger partial charge in [-0.25, -0.2) is 4.39 Å². The molecule has 0 fully saturated rings. The fraction of sp³-hybridized carbons (Fsp3) is 0.136. The summed E-state index contributed by atoms with van der Waals surface area (Å²) in [5.74, 6) is -0.639. The number of aromatic amines is 1. The van der Waals surface area contributed by atoms with Crippen molar-refractivity contribution in [1.82, 2.24) is 20.0 Å². The Bertz CT molecular complexity index is 1260. The average molecular weight is 458 g/mol. The second-order valence-corrected chi connectivity index (χ2v) is 7.92. The number of carbonyl (C=O) groups is 1. The molecular weight excluding hydrogens is 440 g/mol. The Labute approximate surface area is 188 Å². The molecule has 2 aromatic carbocycles. The molecule has 0 bridgehead atoms. The summed E-state index contributed by atoms with van der Waals surface area (Å²) in [5.41, 5.74) is 4.47. The van der Waals surface area contributed by atoms with Crippen molar-refractivity contribution in [3.63, 3.8) is 0 Å². The molecule has 0 aliphatic rings. The summed E-state index contributed by atoms with van der Waals surface area (Å²) in [6.45, 7) is 4.15. The zero-order chi connectivity index (χ0) is 22.1. The lowest BCUT2D eigenvalue weighted by Gasteiger charge is -2.07. The van der Waals surface area contributed by atoms with Crippen molar-refractivity contribution >= 4 is 34.8 Å². The monoisotopic (exact) mass is 457 g/mol. The lowest BCUT2D eigenvalue weighted by Crippen LogP contribution is -2.14. The van der Waals surface area contributed by atoms with Crippen LogP contribution in [0, 0.1) is 19.7 Å². The van der Waals surface area contributed by atoms with E-state index in [1.54, 1.807) is 41.1 Å². The number of hydrogen-bond donors (Lipinski definition) is 2. The fourth-order valence-electron chi connectivity index (χ4n) is 3.25. The van der Waals surface area contributed by atoms with Crippen LogP contribution in [0.15, 0.2) is 48.5 Å². The number of benzene rings is 2. The molecule has 9 heteroatoms. The number of anilines is 1. The van der Waals surface area contributed by atoms with Crippen LogP contribution in [0.4, 0.5) is 10.1 Å². The number of hydrogen-bond acceptors (Lipinski definition) is 3. The first kappa shape index (κ1) is 21.1. The predicted octanol–water partition coefficient (Wildman–Crippen LogP) is 5.64. The Morgan fingerprint density at radius 3 is 2.58 bits per heavy atom. The van der Waals surface area contributed by atoms with Crippen molar-refractivity contribution in [1.29, 1.82) is 0 Å². The number of nitrogens with zero attached hydrogens (tertiary/aromatic N) is 3. The van der Waals surface area contributed by atoms with Crippen LogP contribution in [-0.4, -0.2) is 25.9 Å². The second-order valence-electron chi connectivity index (χ2n) is 7.08. The number of amides is 1. The van der Waals surface area contributed by atoms with Gasteiger partial charge < -0.3 is 5.32 Å². The van der Waals surface area contributed by atoms with Crippen molar-refractivity contribution in [2.75, 3.05) is 5.32 Å². The Balaban J connectivity index is 1.53. The van der Waals surface area contributed by atoms with Crippen molar-refractivity contribution in [3.05, 3.63) is 87.0 Å². The average Bonchev–Trinajstić information content (AvgIpc) is 3.31. The smallest absolute Gasteiger partial charge is 0.273 e. The highest BCUT2D eigenvalue weighted by Crippen LogP contribution is 2.29. The minimum atomic E-state index is -0.351. The third-order valence-electron chi connectivity index (χ3n) is 4.90. The Morgan fingerprint density at radius 1 is 1.13 bits per heavy atom. The second kappa shape index (κ2) is 8.53. The van der Waals surface area contributed by atoms with Crippen LogP contribution in [0.5, 0.6) is 0 Å². The molecule has 0 saturated heterocycles. The van der Waals surface area contributed by atoms with Crippen LogP contribution in [-0.2, 0) is 6.54 Å². The first-order chi connectivity index (χ1) is 14.8. The zero-order valence-electron chi connectivity index (χ0n) is 16.7. The molecular formula is C22H18Cl2FN5O. The Kier molecular flexibility index (Phi) is 5.80. The van der Waals surface area contributed by atoms with Gasteiger partial charge in [0.25, 0.3) is 5.91 Å². The molecule has 1 amide bonds. The number of aromatic nitrogens is 4. The topological polar surface area (TPSA) is 75.6 Å². The van der Waals surface area contributed by atoms with Gasteiger partial charge in [-0.15, -0.1) is 0 Å². The molecule has 0 unspecified atom stereocenters. The first-order valence-corrected chi connectivity index (χ1v) is 10.2. The van der Waals surface area contributed by atoms with Gasteiger partial charge in [-0.1, -0.05) is 35.3 Å². The highest BCUT2D eigenvalue weighted by atomic mass is 35.5. The molecule has 158 valence electrons. The number of H-pyrrole nitrogens is 1. The SMILES string of the molecule is Cc1nn(Cc2ccc(F)cc2)c(C)c1NC(=O)c1cc(-c2ccc(Cl)cc2Cl)n[nH]1. The molecule has 4 aromatic rings. The molecule has 0 spiro atoms. The number of aryl methyl sites for hydroxylation is 1. The van der Waals surface area contributed by atoms with E-state index >= 15 is 0 Å². The van der Waals surface area contributed by atoms with E-state index < -0.39 is 0 Å². The summed E-state index contributed by atoms with van der Waals surface area (Å²) >= 11 is 12.2. The Morgan fingerprint density at radius 2 is 1.87 bits per heavy atom. The molecule has 2 heterocycles. The van der Waals surface area contributed by atoms with E-state index in [4.69, 9.17) is 23.2 Å². The van der Waals surface area contributed by atoms with Gasteiger partial charge in [0.1, 0.15) is 11.5 Å². The summed E-state index contributed by atoms with van der Waals surface area (Å²) in [5, 5.41) is 15.3. The molecule has 0 atom stereocenters. The lowest BCUT2D eigenvalue weighted by atomic mass is 10.1. The molecule has 0 aliphatic heterocycles. The van der Waals surface area contributed by atoms with Gasteiger partial charge in [0.05, 0.1) is 34.3 Å². The van der Waals surface area contributed by atoms with Crippen molar-refractivity contribution in [2.45, 2.75) is 20.4 Å². The quantitative estimate of drug-likeness (QED) is 0.407. The number of nitrogens with one attached hydrogen (secondary N) is 2. The van der Waals surface area contributed by atoms with Crippen LogP contribution in [0.1, 0.15) is 27.4 Å². The summed E-state index contributed by atoms with van der Waals surface area (Å²) in [6.07, 6.45) is 0. The van der Waals surface area contributed by atoms with Crippen molar-refractivity contribution in [3.8, 4) is 11.3 Å². The van der Waals surface area contributed by atoms with Crippen LogP contribution in [0.2, 0.25) is 10.0 Å². The normalized spacial score (nSPS) is 11.0. The fourth-order valence-corrected chi connectivity index (χ4v) is 3.75. The van der Waals surface area contributed by atoms with E-state index in [9.17, 15) is 9.18 Å². The molecule has 4 rings (SSSR count). The van der Waals surface area contributed by atoms with Gasteiger partial charge in [-0.2, -0.15) is 10.2 Å². The first-order valence-electron chi connectivity index (χ1n) is 9.42. The van der Waals surface area contributed by atoms with E-state index in [0.29, 0.717) is 39.2 Å². The van der Waals surface area contributed by atoms with E-state index in [-0.39, 0.29) is 17.4 Å². The van der Waals surface area contributed by atoms with E-state index in [1.807, 2.05) is 13.8 Å². The lowest BCUT2D eigenvalue weighted by molar-refractivity contribution is 0.102. The van der Waals surface area contributed by atoms with E-state index in [0.717, 1.165) is 11.3 Å². The van der Waals surface area contributed by atoms with Gasteiger partial charge in [0, 0.05) is 10.6 Å². The van der Waals surface area contributed by atoms with Gasteiger partial charge in [0.15, 0.2) is 0 Å². The standard InChI is InChI=1S/C22H18Cl2FN5O/c1-12-21(13(2)30(29-12)11-14-3-6-16(25)7-4-14)26-22(31)20-10-19(27-28-20)17-8-5-15(23)9-18(17)24/h3-10H,11H2,1-2H3,(H,26,31)(H,27,28). The molecule has 0 aliphatic carbocycles. The molecule has 2 aromatic heterocycles. The van der Waals surface area contributed by atoms with E-state index in [2.05, 4.69) is 20.6 Å². The molecule has 0 saturated carbocycles. The highest BCUT2D eigenvalue weighted by Gasteiger charge is 2.18. The minimum Gasteiger partial charge on any atom is -0.318 e. The maximum absolute atomic E-state index is 13.1. The molecule has 6 nitrogen and oxygen atoms in total. The van der Waals surface area contributed by atoms with Gasteiger partial charge in [-0.3, -0.25) is 14.6 Å². The summed E-state index contributed by atoms with van der Waals surface area (Å²) in [6, 6.07) is 12.9. The minimum absolute atomic E-state index is 0.283. The zero-order valence-corrected chi connectivity index (χ0v) is 18.2. The van der Waals surface area contributed by atoms with Gasteiger partial charge in [-0.05, 0) is 55.8 Å². The third kappa shape index (κ3) is 4.47. The van der Waals surface area contributed by atoms with Crippen LogP contribution >= 0.6 is 23.2 Å². The van der Waals surface area contributed by atoms with Crippen molar-refractivity contribution in [2.24, 2.45) is 0 Å². The number of rotatable bonds is 5.